The van der Waals surface area contributed by atoms with Crippen molar-refractivity contribution in [3.05, 3.63) is 304 Å². The second-order valence-electron chi connectivity index (χ2n) is 30.9. The number of sulfone groups is 2. The highest BCUT2D eigenvalue weighted by atomic mass is 32.2. The lowest BCUT2D eigenvalue weighted by Crippen LogP contribution is -2.20. The Balaban J connectivity index is 0.000000143. The Morgan fingerprint density at radius 3 is 1.15 bits per heavy atom. The first-order chi connectivity index (χ1) is 54.8. The molecular weight excluding hydrogens is 1560 g/mol. The molecule has 116 heavy (non-hydrogen) atoms. The fraction of sp³-hybridized carbons (Fsp3) is 0.264. The molecule has 14 aromatic rings. The highest BCUT2D eigenvalue weighted by Gasteiger charge is 2.25. The summed E-state index contributed by atoms with van der Waals surface area (Å²) in [5.41, 5.74) is 17.8. The van der Waals surface area contributed by atoms with Gasteiger partial charge in [0.25, 0.3) is 22.2 Å². The van der Waals surface area contributed by atoms with Gasteiger partial charge in [0.15, 0.2) is 19.7 Å². The quantitative estimate of drug-likeness (QED) is 0.0413. The van der Waals surface area contributed by atoms with Crippen LogP contribution in [0, 0.1) is 38.9 Å². The van der Waals surface area contributed by atoms with E-state index in [4.69, 9.17) is 9.47 Å². The molecule has 0 aliphatic heterocycles. The van der Waals surface area contributed by atoms with Crippen molar-refractivity contribution in [1.82, 2.24) is 37.5 Å². The van der Waals surface area contributed by atoms with Gasteiger partial charge in [-0.05, 0) is 212 Å². The van der Waals surface area contributed by atoms with E-state index >= 15 is 0 Å². The second-order valence-corrected chi connectivity index (χ2v) is 38.6. The van der Waals surface area contributed by atoms with Gasteiger partial charge >= 0.3 is 0 Å². The van der Waals surface area contributed by atoms with E-state index in [1.807, 2.05) is 120 Å². The van der Waals surface area contributed by atoms with E-state index in [1.54, 1.807) is 102 Å². The van der Waals surface area contributed by atoms with Crippen LogP contribution in [0.15, 0.2) is 220 Å². The first-order valence-electron chi connectivity index (χ1n) is 37.5. The summed E-state index contributed by atoms with van der Waals surface area (Å²) in [5.74, 6) is 0.924. The van der Waals surface area contributed by atoms with Crippen molar-refractivity contribution in [3.63, 3.8) is 0 Å². The van der Waals surface area contributed by atoms with Crippen LogP contribution >= 0.6 is 0 Å². The monoisotopic (exact) mass is 1650 g/mol. The molecule has 1 fully saturated rings. The number of sulfonamides is 2. The van der Waals surface area contributed by atoms with Crippen LogP contribution in [-0.2, 0) is 64.1 Å². The zero-order chi connectivity index (χ0) is 83.3. The number of aromatic nitrogens is 8. The molecule has 0 saturated heterocycles. The summed E-state index contributed by atoms with van der Waals surface area (Å²) in [6, 6.07) is 46.0. The normalized spacial score (nSPS) is 12.9. The number of fused-ring (bicyclic) bond motifs is 4. The summed E-state index contributed by atoms with van der Waals surface area (Å²) in [5, 5.41) is 0. The smallest absolute Gasteiger partial charge is 0.272 e. The van der Waals surface area contributed by atoms with Gasteiger partial charge in [0.2, 0.25) is 20.0 Å². The van der Waals surface area contributed by atoms with Crippen molar-refractivity contribution in [1.29, 1.82) is 0 Å². The Hall–Kier alpha value is -11.8. The molecule has 6 N–H and O–H groups in total. The molecule has 8 aromatic heterocycles. The van der Waals surface area contributed by atoms with Gasteiger partial charge in [0.05, 0.1) is 59.5 Å². The summed E-state index contributed by atoms with van der Waals surface area (Å²) in [7, 11) is -13.2. The molecule has 1 saturated carbocycles. The molecule has 606 valence electrons. The van der Waals surface area contributed by atoms with Crippen molar-refractivity contribution in [2.45, 2.75) is 111 Å². The lowest BCUT2D eigenvalue weighted by atomic mass is 9.96. The first-order valence-corrected chi connectivity index (χ1v) is 45.4. The molecule has 24 nitrogen and oxygen atoms in total. The highest BCUT2D eigenvalue weighted by molar-refractivity contribution is 7.92. The summed E-state index contributed by atoms with van der Waals surface area (Å²) < 4.78 is 132. The van der Waals surface area contributed by atoms with Gasteiger partial charge in [-0.25, -0.2) is 38.1 Å². The Morgan fingerprint density at radius 2 is 0.776 bits per heavy atom. The molecule has 0 radical (unpaired) electrons. The van der Waals surface area contributed by atoms with Gasteiger partial charge in [-0.3, -0.25) is 28.6 Å². The third-order valence-electron chi connectivity index (χ3n) is 19.4. The average molecular weight is 1650 g/mol. The van der Waals surface area contributed by atoms with Crippen LogP contribution in [0.2, 0.25) is 0 Å². The number of anilines is 2. The first kappa shape index (κ1) is 83.6. The zero-order valence-corrected chi connectivity index (χ0v) is 69.5. The number of halogens is 1. The molecule has 6 aromatic carbocycles. The van der Waals surface area contributed by atoms with Crippen LogP contribution in [0.25, 0.3) is 67.1 Å². The van der Waals surface area contributed by atoms with Crippen molar-refractivity contribution in [2.75, 3.05) is 41.1 Å². The van der Waals surface area contributed by atoms with Crippen LogP contribution in [0.3, 0.4) is 0 Å². The highest BCUT2D eigenvalue weighted by Crippen LogP contribution is 2.40. The summed E-state index contributed by atoms with van der Waals surface area (Å²) >= 11 is 0. The number of hydrogen-bond donors (Lipinski definition) is 6. The van der Waals surface area contributed by atoms with E-state index in [0.717, 1.165) is 122 Å². The van der Waals surface area contributed by atoms with Gasteiger partial charge in [0.1, 0.15) is 39.4 Å². The third-order valence-corrected chi connectivity index (χ3v) is 22.4. The summed E-state index contributed by atoms with van der Waals surface area (Å²) in [6.07, 6.45) is 25.2. The minimum atomic E-state index is -3.42. The number of ether oxygens (including phenoxy) is 2. The predicted octanol–water partition coefficient (Wildman–Crippen LogP) is 14.7. The number of aryl methyl sites for hydroxylation is 4. The largest absolute Gasteiger partial charge is 0.492 e. The minimum absolute atomic E-state index is 0.0194. The van der Waals surface area contributed by atoms with Gasteiger partial charge in [0, 0.05) is 95.7 Å². The second kappa shape index (κ2) is 34.3. The number of nitrogens with zero attached hydrogens (tertiary/aromatic N) is 4. The van der Waals surface area contributed by atoms with Gasteiger partial charge in [-0.1, -0.05) is 93.9 Å². The Kier molecular flexibility index (Phi) is 24.8. The van der Waals surface area contributed by atoms with Gasteiger partial charge in [-0.15, -0.1) is 0 Å². The van der Waals surface area contributed by atoms with Crippen LogP contribution in [0.1, 0.15) is 109 Å². The molecule has 1 aliphatic carbocycles. The molecule has 15 rings (SSSR count). The van der Waals surface area contributed by atoms with Crippen LogP contribution in [0.4, 0.5) is 15.8 Å². The fourth-order valence-corrected chi connectivity index (χ4v) is 17.3. The molecule has 8 heterocycles. The van der Waals surface area contributed by atoms with E-state index in [2.05, 4.69) is 62.3 Å². The molecule has 0 bridgehead atoms. The molecule has 29 heteroatoms. The molecule has 1 aliphatic rings. The number of nitrogens with one attached hydrogen (secondary N) is 6. The van der Waals surface area contributed by atoms with Crippen molar-refractivity contribution in [3.8, 4) is 56.5 Å². The number of rotatable bonds is 20. The molecule has 0 spiro atoms. The Morgan fingerprint density at radius 1 is 0.422 bits per heavy atom. The summed E-state index contributed by atoms with van der Waals surface area (Å²) in [4.78, 5) is 60.0. The Bertz CT molecular complexity index is 6770. The van der Waals surface area contributed by atoms with Crippen molar-refractivity contribution in [2.24, 2.45) is 5.41 Å². The maximum absolute atomic E-state index is 13.3. The molecular formula is C87H93FN10O14S4. The molecule has 0 amide bonds. The number of aromatic amines is 4. The Labute approximate surface area is 672 Å². The molecule has 0 unspecified atom stereocenters. The lowest BCUT2D eigenvalue weighted by molar-refractivity contribution is 0.155. The predicted molar refractivity (Wildman–Crippen MR) is 458 cm³/mol. The van der Waals surface area contributed by atoms with E-state index in [9.17, 15) is 57.2 Å². The SMILES string of the molecule is Cc1cc(-c2cc(CS(C)(=O)=O)ccc2Cc2ccc(F)cc2)n2cc[nH]c(=O)c12.Cc1cc(-c2cc(CS(C)(=O)=O)ccc2Cc2ccccc2)n2cc[nH]c(=O)c12.Cc1cc(-c2cc(NS(C)(=O)=O)ccc2OC2CCCCC2)n2cc[nH]c(=O)c12.Cc1cc(-c2cc(NS(C)(=O)=O)ccc2OCC(C)(C)C)n2cc[nH]c(=O)c12. The number of hydrogen-bond acceptors (Lipinski definition) is 14. The van der Waals surface area contributed by atoms with E-state index in [1.165, 1.54) is 36.6 Å². The standard InChI is InChI=1S/C23H21FN2O3S.C23H22N2O3S.C21H25N3O4S.C20H25N3O4S/c1-15-11-21(26-10-9-25-23(27)22(15)26)20-13-17(14-30(2,28)29)3-6-18(20)12-16-4-7-19(24)8-5-16;1-16-12-21(25-11-10-24-23(26)22(16)25)20-14-18(15-29(2,27)28)8-9-19(20)13-17-6-4-3-5-7-17;1-14-12-18(24-11-10-22-21(25)20(14)24)17-13-15(23-29(2,26)27)8-9-19(17)28-16-6-4-3-5-7-16;1-13-10-16(23-9-8-21-19(24)18(13)23)15-11-14(22-28(5,25)26)6-7-17(15)27-12-20(2,3)4/h3-11,13H,12,14H2,1-2H3,(H,25,27);3-12,14H,13,15H2,1-2H3,(H,24,26);8-13,16,23H,3-7H2,1-2H3,(H,22,25);6-11,22H,12H2,1-5H3,(H,21,24). The van der Waals surface area contributed by atoms with Gasteiger partial charge in [-0.2, -0.15) is 0 Å². The summed E-state index contributed by atoms with van der Waals surface area (Å²) in [6.45, 7) is 14.2. The van der Waals surface area contributed by atoms with Crippen molar-refractivity contribution >= 4 is 73.2 Å². The third kappa shape index (κ3) is 20.8. The van der Waals surface area contributed by atoms with Crippen LogP contribution in [0.5, 0.6) is 11.5 Å². The zero-order valence-electron chi connectivity index (χ0n) is 66.2. The van der Waals surface area contributed by atoms with E-state index in [-0.39, 0.29) is 51.1 Å². The average Bonchev–Trinajstić information content (AvgIpc) is 1.63. The number of H-pyrrole nitrogens is 4. The maximum Gasteiger partial charge on any atom is 0.272 e. The fourth-order valence-electron chi connectivity index (χ4n) is 14.6. The molecule has 0 atom stereocenters. The van der Waals surface area contributed by atoms with E-state index < -0.39 is 39.7 Å². The lowest BCUT2D eigenvalue weighted by Gasteiger charge is -2.24. The van der Waals surface area contributed by atoms with Crippen LogP contribution in [-0.4, -0.2) is 109 Å². The minimum Gasteiger partial charge on any atom is -0.492 e. The topological polar surface area (TPSA) is 328 Å². The van der Waals surface area contributed by atoms with Gasteiger partial charge < -0.3 is 47.0 Å². The van der Waals surface area contributed by atoms with Crippen LogP contribution < -0.4 is 41.2 Å². The van der Waals surface area contributed by atoms with E-state index in [0.29, 0.717) is 75.5 Å². The maximum atomic E-state index is 13.3. The van der Waals surface area contributed by atoms with Crippen molar-refractivity contribution < 1.29 is 47.5 Å². The number of benzene rings is 6.